The van der Waals surface area contributed by atoms with E-state index in [4.69, 9.17) is 9.47 Å². The Morgan fingerprint density at radius 2 is 1.81 bits per heavy atom. The minimum absolute atomic E-state index is 0.0569. The highest BCUT2D eigenvalue weighted by Gasteiger charge is 2.19. The molecule has 1 N–H and O–H groups in total. The molecule has 142 valence electrons. The molecule has 0 aromatic heterocycles. The van der Waals surface area contributed by atoms with Gasteiger partial charge in [-0.1, -0.05) is 18.2 Å². The Balaban J connectivity index is 1.55. The highest BCUT2D eigenvalue weighted by atomic mass is 127. The second-order valence-corrected chi connectivity index (χ2v) is 9.38. The van der Waals surface area contributed by atoms with Crippen LogP contribution in [0, 0.1) is 7.14 Å². The van der Waals surface area contributed by atoms with E-state index < -0.39 is 16.1 Å². The summed E-state index contributed by atoms with van der Waals surface area (Å²) in [5.74, 6) is 0.00929. The smallest absolute Gasteiger partial charge is 0.338 e. The van der Waals surface area contributed by atoms with E-state index in [9.17, 15) is 17.8 Å². The van der Waals surface area contributed by atoms with E-state index in [1.165, 1.54) is 12.1 Å². The molecule has 0 aliphatic heterocycles. The zero-order valence-electron chi connectivity index (χ0n) is 13.8. The molecule has 0 amide bonds. The molecule has 0 unspecified atom stereocenters. The molecule has 0 spiro atoms. The fourth-order valence-electron chi connectivity index (χ4n) is 2.63. The van der Waals surface area contributed by atoms with Crippen molar-refractivity contribution in [3.05, 3.63) is 60.2 Å². The van der Waals surface area contributed by atoms with Crippen molar-refractivity contribution in [2.45, 2.75) is 11.3 Å². The maximum absolute atomic E-state index is 12.1. The van der Waals surface area contributed by atoms with E-state index in [-0.39, 0.29) is 18.1 Å². The molecule has 0 heterocycles. The Bertz CT molecular complexity index is 1010. The third-order valence-corrected chi connectivity index (χ3v) is 7.22. The van der Waals surface area contributed by atoms with Crippen molar-refractivity contribution < 1.29 is 27.2 Å². The van der Waals surface area contributed by atoms with Gasteiger partial charge in [-0.2, -0.15) is 8.42 Å². The SMILES string of the molecule is O=C(OCCOc1cc(I)c(S(=O)(=O)O)c(I)c1)c1ccc2c(c1)CC=C2. The van der Waals surface area contributed by atoms with E-state index in [2.05, 4.69) is 0 Å². The van der Waals surface area contributed by atoms with Crippen LogP contribution >= 0.6 is 45.2 Å². The molecule has 0 radical (unpaired) electrons. The first kappa shape index (κ1) is 20.6. The third-order valence-electron chi connectivity index (χ3n) is 3.83. The number of rotatable bonds is 6. The van der Waals surface area contributed by atoms with Crippen LogP contribution in [-0.4, -0.2) is 32.2 Å². The number of benzene rings is 2. The van der Waals surface area contributed by atoms with Gasteiger partial charge in [0.05, 0.1) is 5.56 Å². The first-order chi connectivity index (χ1) is 12.8. The van der Waals surface area contributed by atoms with Crippen LogP contribution in [0.4, 0.5) is 0 Å². The summed E-state index contributed by atoms with van der Waals surface area (Å²) in [7, 11) is -4.30. The van der Waals surface area contributed by atoms with Gasteiger partial charge in [0.15, 0.2) is 0 Å². The summed E-state index contributed by atoms with van der Waals surface area (Å²) in [6.45, 7) is 0.178. The van der Waals surface area contributed by atoms with Crippen LogP contribution in [0.5, 0.6) is 5.75 Å². The monoisotopic (exact) mass is 612 g/mol. The van der Waals surface area contributed by atoms with Gasteiger partial charge < -0.3 is 9.47 Å². The van der Waals surface area contributed by atoms with Crippen molar-refractivity contribution in [1.29, 1.82) is 0 Å². The van der Waals surface area contributed by atoms with Crippen LogP contribution in [-0.2, 0) is 21.3 Å². The molecule has 0 saturated heterocycles. The Labute approximate surface area is 184 Å². The van der Waals surface area contributed by atoms with Crippen LogP contribution in [0.2, 0.25) is 0 Å². The molecule has 0 saturated carbocycles. The number of halogens is 2. The second kappa shape index (κ2) is 8.45. The minimum atomic E-state index is -4.30. The topological polar surface area (TPSA) is 89.9 Å². The van der Waals surface area contributed by atoms with Gasteiger partial charge in [-0.25, -0.2) is 4.79 Å². The van der Waals surface area contributed by atoms with Gasteiger partial charge in [-0.3, -0.25) is 4.55 Å². The second-order valence-electron chi connectivity index (χ2n) is 5.70. The summed E-state index contributed by atoms with van der Waals surface area (Å²) in [4.78, 5) is 12.0. The zero-order chi connectivity index (χ0) is 19.6. The lowest BCUT2D eigenvalue weighted by Crippen LogP contribution is -2.13. The summed E-state index contributed by atoms with van der Waals surface area (Å²) >= 11 is 3.63. The largest absolute Gasteiger partial charge is 0.490 e. The highest BCUT2D eigenvalue weighted by molar-refractivity contribution is 14.1. The van der Waals surface area contributed by atoms with Gasteiger partial charge >= 0.3 is 5.97 Å². The van der Waals surface area contributed by atoms with Crippen LogP contribution < -0.4 is 4.74 Å². The average Bonchev–Trinajstić information content (AvgIpc) is 3.04. The van der Waals surface area contributed by atoms with Crippen LogP contribution in [0.1, 0.15) is 21.5 Å². The lowest BCUT2D eigenvalue weighted by molar-refractivity contribution is 0.0450. The zero-order valence-corrected chi connectivity index (χ0v) is 18.9. The number of fused-ring (bicyclic) bond motifs is 1. The lowest BCUT2D eigenvalue weighted by atomic mass is 10.1. The maximum atomic E-state index is 12.1. The average molecular weight is 612 g/mol. The summed E-state index contributed by atoms with van der Waals surface area (Å²) in [6.07, 6.45) is 4.88. The molecule has 0 bridgehead atoms. The van der Waals surface area contributed by atoms with Gasteiger partial charge in [0.2, 0.25) is 0 Å². The molecule has 1 aliphatic rings. The number of hydrogen-bond acceptors (Lipinski definition) is 5. The molecule has 2 aromatic carbocycles. The molecule has 3 rings (SSSR count). The molecule has 27 heavy (non-hydrogen) atoms. The molecule has 9 heteroatoms. The Kier molecular flexibility index (Phi) is 6.43. The lowest BCUT2D eigenvalue weighted by Gasteiger charge is -2.11. The van der Waals surface area contributed by atoms with Crippen molar-refractivity contribution in [1.82, 2.24) is 0 Å². The van der Waals surface area contributed by atoms with E-state index in [0.717, 1.165) is 17.5 Å². The van der Waals surface area contributed by atoms with Crippen molar-refractivity contribution >= 4 is 67.3 Å². The van der Waals surface area contributed by atoms with Crippen LogP contribution in [0.25, 0.3) is 6.08 Å². The molecular weight excluding hydrogens is 598 g/mol. The summed E-state index contributed by atoms with van der Waals surface area (Å²) in [5.41, 5.74) is 2.72. The summed E-state index contributed by atoms with van der Waals surface area (Å²) in [6, 6.07) is 8.46. The molecule has 2 aromatic rings. The first-order valence-corrected chi connectivity index (χ1v) is 11.4. The van der Waals surface area contributed by atoms with E-state index in [0.29, 0.717) is 18.5 Å². The fraction of sp³-hybridized carbons (Fsp3) is 0.167. The van der Waals surface area contributed by atoms with Gasteiger partial charge in [0.25, 0.3) is 10.1 Å². The molecular formula is C18H14I2O6S. The number of carbonyl (C=O) groups is 1. The van der Waals surface area contributed by atoms with E-state index in [1.54, 1.807) is 6.07 Å². The predicted octanol–water partition coefficient (Wildman–Crippen LogP) is 3.95. The quantitative estimate of drug-likeness (QED) is 0.230. The Morgan fingerprint density at radius 1 is 1.11 bits per heavy atom. The number of carbonyl (C=O) groups excluding carboxylic acids is 1. The first-order valence-electron chi connectivity index (χ1n) is 7.81. The van der Waals surface area contributed by atoms with Crippen LogP contribution in [0.3, 0.4) is 0 Å². The third kappa shape index (κ3) is 5.00. The normalized spacial score (nSPS) is 12.7. The molecule has 0 fully saturated rings. The van der Waals surface area contributed by atoms with Crippen molar-refractivity contribution in [3.63, 3.8) is 0 Å². The fourth-order valence-corrected chi connectivity index (χ4v) is 6.62. The van der Waals surface area contributed by atoms with Gasteiger partial charge in [0.1, 0.15) is 23.9 Å². The molecule has 1 aliphatic carbocycles. The van der Waals surface area contributed by atoms with E-state index in [1.807, 2.05) is 69.5 Å². The number of ether oxygens (including phenoxy) is 2. The van der Waals surface area contributed by atoms with E-state index >= 15 is 0 Å². The predicted molar refractivity (Wildman–Crippen MR) is 117 cm³/mol. The minimum Gasteiger partial charge on any atom is -0.490 e. The summed E-state index contributed by atoms with van der Waals surface area (Å²) < 4.78 is 43.4. The Morgan fingerprint density at radius 3 is 2.48 bits per heavy atom. The highest BCUT2D eigenvalue weighted by Crippen LogP contribution is 2.29. The standard InChI is InChI=1S/C18H14I2O6S/c19-15-9-14(10-16(20)17(15)27(22,23)24)25-6-7-26-18(21)13-5-4-11-2-1-3-12(11)8-13/h1-2,4-5,8-10H,3,6-7H2,(H,22,23,24). The Hall–Kier alpha value is -1.18. The maximum Gasteiger partial charge on any atom is 0.338 e. The number of allylic oxidation sites excluding steroid dienone is 1. The molecule has 0 atom stereocenters. The van der Waals surface area contributed by atoms with Crippen molar-refractivity contribution in [3.8, 4) is 5.75 Å². The van der Waals surface area contributed by atoms with Gasteiger partial charge in [0, 0.05) is 7.14 Å². The van der Waals surface area contributed by atoms with Crippen molar-refractivity contribution in [2.75, 3.05) is 13.2 Å². The number of esters is 1. The van der Waals surface area contributed by atoms with Gasteiger partial charge in [-0.15, -0.1) is 0 Å². The summed E-state index contributed by atoms with van der Waals surface area (Å²) in [5, 5.41) is 0. The molecule has 6 nitrogen and oxygen atoms in total. The number of hydrogen-bond donors (Lipinski definition) is 1. The van der Waals surface area contributed by atoms with Gasteiger partial charge in [-0.05, 0) is 87.0 Å². The van der Waals surface area contributed by atoms with Crippen LogP contribution in [0.15, 0.2) is 41.3 Å². The van der Waals surface area contributed by atoms with Crippen molar-refractivity contribution in [2.24, 2.45) is 0 Å².